The van der Waals surface area contributed by atoms with Crippen molar-refractivity contribution in [2.45, 2.75) is 20.0 Å². The van der Waals surface area contributed by atoms with Gasteiger partial charge in [0.2, 0.25) is 6.10 Å². The van der Waals surface area contributed by atoms with Gasteiger partial charge in [-0.05, 0) is 43.7 Å². The maximum atomic E-state index is 12.2. The molecule has 0 aromatic heterocycles. The Morgan fingerprint density at radius 3 is 2.54 bits per heavy atom. The monoisotopic (exact) mass is 353 g/mol. The summed E-state index contributed by atoms with van der Waals surface area (Å²) >= 11 is 0. The van der Waals surface area contributed by atoms with Crippen LogP contribution in [0.2, 0.25) is 0 Å². The van der Waals surface area contributed by atoms with Crippen molar-refractivity contribution in [2.75, 3.05) is 24.6 Å². The summed E-state index contributed by atoms with van der Waals surface area (Å²) in [6.07, 6.45) is 0.897. The second kappa shape index (κ2) is 8.38. The molecule has 1 heterocycles. The van der Waals surface area contributed by atoms with E-state index in [1.54, 1.807) is 12.3 Å². The number of fused-ring (bicyclic) bond motifs is 1. The maximum Gasteiger partial charge on any atom is 0.284 e. The number of nitrogens with zero attached hydrogens (tertiary/aromatic N) is 2. The van der Waals surface area contributed by atoms with Gasteiger partial charge in [0.05, 0.1) is 6.21 Å². The molecule has 2 aromatic rings. The quantitative estimate of drug-likeness (QED) is 0.641. The number of anilines is 1. The molecule has 6 heteroatoms. The average molecular weight is 353 g/mol. The summed E-state index contributed by atoms with van der Waals surface area (Å²) in [5.74, 6) is 0.874. The van der Waals surface area contributed by atoms with Gasteiger partial charge in [0, 0.05) is 18.8 Å². The molecule has 26 heavy (non-hydrogen) atoms. The summed E-state index contributed by atoms with van der Waals surface area (Å²) in [6.45, 7) is 6.35. The lowest BCUT2D eigenvalue weighted by Crippen LogP contribution is -2.42. The van der Waals surface area contributed by atoms with Crippen molar-refractivity contribution in [2.24, 2.45) is 5.10 Å². The van der Waals surface area contributed by atoms with Gasteiger partial charge in [-0.15, -0.1) is 0 Å². The van der Waals surface area contributed by atoms with Crippen molar-refractivity contribution in [1.82, 2.24) is 5.43 Å². The zero-order valence-electron chi connectivity index (χ0n) is 15.0. The van der Waals surface area contributed by atoms with E-state index >= 15 is 0 Å². The highest BCUT2D eigenvalue weighted by atomic mass is 16.6. The van der Waals surface area contributed by atoms with Crippen LogP contribution in [0, 0.1) is 0 Å². The highest BCUT2D eigenvalue weighted by Gasteiger charge is 2.26. The number of hydrogen-bond donors (Lipinski definition) is 1. The molecule has 2 aromatic carbocycles. The number of rotatable bonds is 6. The second-order valence-electron chi connectivity index (χ2n) is 5.86. The molecule has 0 aliphatic carbocycles. The third-order valence-corrected chi connectivity index (χ3v) is 4.21. The smallest absolute Gasteiger partial charge is 0.284 e. The number of para-hydroxylation sites is 2. The van der Waals surface area contributed by atoms with Crippen LogP contribution >= 0.6 is 0 Å². The van der Waals surface area contributed by atoms with Gasteiger partial charge in [0.1, 0.15) is 6.61 Å². The van der Waals surface area contributed by atoms with Crippen molar-refractivity contribution in [3.05, 3.63) is 54.1 Å². The van der Waals surface area contributed by atoms with Gasteiger partial charge in [0.25, 0.3) is 5.91 Å². The van der Waals surface area contributed by atoms with Crippen LogP contribution in [0.3, 0.4) is 0 Å². The molecule has 0 spiro atoms. The third-order valence-electron chi connectivity index (χ3n) is 4.21. The minimum atomic E-state index is -0.716. The topological polar surface area (TPSA) is 63.2 Å². The first-order valence-electron chi connectivity index (χ1n) is 8.77. The van der Waals surface area contributed by atoms with E-state index in [4.69, 9.17) is 9.47 Å². The molecule has 1 N–H and O–H groups in total. The molecular weight excluding hydrogens is 330 g/mol. The molecular formula is C20H23N3O3. The van der Waals surface area contributed by atoms with Crippen molar-refractivity contribution >= 4 is 17.8 Å². The van der Waals surface area contributed by atoms with E-state index in [0.717, 1.165) is 18.7 Å². The minimum Gasteiger partial charge on any atom is -0.485 e. The summed E-state index contributed by atoms with van der Waals surface area (Å²) in [7, 11) is 0. The molecule has 0 saturated heterocycles. The van der Waals surface area contributed by atoms with E-state index < -0.39 is 6.10 Å². The molecule has 136 valence electrons. The number of hydrazone groups is 1. The summed E-state index contributed by atoms with van der Waals surface area (Å²) in [4.78, 5) is 14.4. The van der Waals surface area contributed by atoms with Crippen LogP contribution < -0.4 is 19.8 Å². The van der Waals surface area contributed by atoms with Crippen LogP contribution in [0.25, 0.3) is 0 Å². The Labute approximate surface area is 153 Å². The molecule has 0 fully saturated rings. The summed E-state index contributed by atoms with van der Waals surface area (Å²) in [5.41, 5.74) is 4.59. The summed E-state index contributed by atoms with van der Waals surface area (Å²) in [5, 5.41) is 4.01. The number of benzene rings is 2. The largest absolute Gasteiger partial charge is 0.485 e. The van der Waals surface area contributed by atoms with Gasteiger partial charge in [-0.1, -0.05) is 24.3 Å². The fraction of sp³-hybridized carbons (Fsp3) is 0.300. The van der Waals surface area contributed by atoms with E-state index in [-0.39, 0.29) is 12.5 Å². The van der Waals surface area contributed by atoms with Crippen molar-refractivity contribution in [3.8, 4) is 11.5 Å². The van der Waals surface area contributed by atoms with Crippen LogP contribution in [-0.4, -0.2) is 37.9 Å². The van der Waals surface area contributed by atoms with Gasteiger partial charge in [-0.3, -0.25) is 4.79 Å². The fourth-order valence-electron chi connectivity index (χ4n) is 2.75. The van der Waals surface area contributed by atoms with E-state index in [1.807, 2.05) is 42.5 Å². The number of nitrogens with one attached hydrogen (secondary N) is 1. The van der Waals surface area contributed by atoms with Crippen LogP contribution in [0.1, 0.15) is 19.4 Å². The molecule has 3 rings (SSSR count). The lowest BCUT2D eigenvalue weighted by atomic mass is 10.2. The second-order valence-corrected chi connectivity index (χ2v) is 5.86. The first kappa shape index (κ1) is 17.8. The Morgan fingerprint density at radius 2 is 1.85 bits per heavy atom. The normalized spacial score (nSPS) is 15.7. The third kappa shape index (κ3) is 4.14. The number of amides is 1. The Balaban J connectivity index is 1.54. The standard InChI is InChI=1S/C20H23N3O3/c1-3-23(4-2)16-11-9-15(10-12-16)13-21-22-20(24)19-14-25-17-7-5-6-8-18(17)26-19/h5-13,19H,3-4,14H2,1-2H3,(H,22,24). The molecule has 1 aliphatic rings. The average Bonchev–Trinajstić information content (AvgIpc) is 2.69. The Hall–Kier alpha value is -3.02. The maximum absolute atomic E-state index is 12.2. The molecule has 1 unspecified atom stereocenters. The fourth-order valence-corrected chi connectivity index (χ4v) is 2.75. The van der Waals surface area contributed by atoms with E-state index in [1.165, 1.54) is 5.69 Å². The Bertz CT molecular complexity index is 770. The van der Waals surface area contributed by atoms with Crippen molar-refractivity contribution in [3.63, 3.8) is 0 Å². The number of hydrogen-bond acceptors (Lipinski definition) is 5. The van der Waals surface area contributed by atoms with Crippen LogP contribution in [0.15, 0.2) is 53.6 Å². The van der Waals surface area contributed by atoms with E-state index in [2.05, 4.69) is 29.3 Å². The highest BCUT2D eigenvalue weighted by molar-refractivity contribution is 5.85. The lowest BCUT2D eigenvalue weighted by molar-refractivity contribution is -0.130. The van der Waals surface area contributed by atoms with Gasteiger partial charge >= 0.3 is 0 Å². The first-order chi connectivity index (χ1) is 12.7. The van der Waals surface area contributed by atoms with Gasteiger partial charge in [0.15, 0.2) is 11.5 Å². The van der Waals surface area contributed by atoms with Gasteiger partial charge in [-0.2, -0.15) is 5.10 Å². The van der Waals surface area contributed by atoms with E-state index in [9.17, 15) is 4.79 Å². The number of carbonyl (C=O) groups is 1. The van der Waals surface area contributed by atoms with Crippen molar-refractivity contribution in [1.29, 1.82) is 0 Å². The zero-order chi connectivity index (χ0) is 18.4. The van der Waals surface area contributed by atoms with Gasteiger partial charge in [-0.25, -0.2) is 5.43 Å². The minimum absolute atomic E-state index is 0.164. The molecule has 0 bridgehead atoms. The predicted octanol–water partition coefficient (Wildman–Crippen LogP) is 2.82. The predicted molar refractivity (Wildman–Crippen MR) is 102 cm³/mol. The molecule has 1 atom stereocenters. The molecule has 1 aliphatic heterocycles. The molecule has 0 saturated carbocycles. The van der Waals surface area contributed by atoms with Gasteiger partial charge < -0.3 is 14.4 Å². The lowest BCUT2D eigenvalue weighted by Gasteiger charge is -2.24. The van der Waals surface area contributed by atoms with E-state index in [0.29, 0.717) is 11.5 Å². The van der Waals surface area contributed by atoms with Crippen molar-refractivity contribution < 1.29 is 14.3 Å². The number of carbonyl (C=O) groups excluding carboxylic acids is 1. The Kier molecular flexibility index (Phi) is 5.73. The Morgan fingerprint density at radius 1 is 1.15 bits per heavy atom. The van der Waals surface area contributed by atoms with Crippen LogP contribution in [-0.2, 0) is 4.79 Å². The van der Waals surface area contributed by atoms with Crippen LogP contribution in [0.5, 0.6) is 11.5 Å². The summed E-state index contributed by atoms with van der Waals surface area (Å²) < 4.78 is 11.2. The molecule has 1 amide bonds. The SMILES string of the molecule is CCN(CC)c1ccc(C=NNC(=O)C2COc3ccccc3O2)cc1. The van der Waals surface area contributed by atoms with Crippen LogP contribution in [0.4, 0.5) is 5.69 Å². The highest BCUT2D eigenvalue weighted by Crippen LogP contribution is 2.30. The first-order valence-corrected chi connectivity index (χ1v) is 8.77. The molecule has 6 nitrogen and oxygen atoms in total. The summed E-state index contributed by atoms with van der Waals surface area (Å²) in [6, 6.07) is 15.3. The molecule has 0 radical (unpaired) electrons. The zero-order valence-corrected chi connectivity index (χ0v) is 15.0. The number of ether oxygens (including phenoxy) is 2.